The summed E-state index contributed by atoms with van der Waals surface area (Å²) in [7, 11) is 0. The molecule has 1 saturated heterocycles. The molecular weight excluding hydrogens is 313 g/mol. The van der Waals surface area contributed by atoms with Gasteiger partial charge in [0, 0.05) is 36.3 Å². The normalized spacial score (nSPS) is 19.1. The largest absolute Gasteiger partial charge is 0.352 e. The molecule has 1 unspecified atom stereocenters. The van der Waals surface area contributed by atoms with Crippen molar-refractivity contribution >= 4 is 41.5 Å². The molecule has 1 fully saturated rings. The van der Waals surface area contributed by atoms with Gasteiger partial charge in [-0.2, -0.15) is 0 Å². The minimum atomic E-state index is -0.327. The molecule has 21 heavy (non-hydrogen) atoms. The summed E-state index contributed by atoms with van der Waals surface area (Å²) in [6, 6.07) is 6.94. The lowest BCUT2D eigenvalue weighted by atomic mass is 10.1. The SMILES string of the molecule is C[C@@H](CN)NC(=O)C1CC(=O)N(c2ccc(Cl)cc2)C1.Cl. The second-order valence-electron chi connectivity index (χ2n) is 5.03. The van der Waals surface area contributed by atoms with E-state index in [1.807, 2.05) is 6.92 Å². The van der Waals surface area contributed by atoms with Crippen molar-refractivity contribution in [3.63, 3.8) is 0 Å². The summed E-state index contributed by atoms with van der Waals surface area (Å²) >= 11 is 5.83. The highest BCUT2D eigenvalue weighted by Crippen LogP contribution is 2.26. The first-order valence-corrected chi connectivity index (χ1v) is 6.95. The fraction of sp³-hybridized carbons (Fsp3) is 0.429. The van der Waals surface area contributed by atoms with Crippen LogP contribution < -0.4 is 16.0 Å². The molecule has 2 rings (SSSR count). The zero-order valence-corrected chi connectivity index (χ0v) is 13.3. The van der Waals surface area contributed by atoms with Gasteiger partial charge in [0.15, 0.2) is 0 Å². The zero-order chi connectivity index (χ0) is 14.7. The molecule has 2 amide bonds. The van der Waals surface area contributed by atoms with Gasteiger partial charge in [0.25, 0.3) is 0 Å². The predicted molar refractivity (Wildman–Crippen MR) is 85.8 cm³/mol. The van der Waals surface area contributed by atoms with Gasteiger partial charge in [-0.1, -0.05) is 11.6 Å². The molecule has 1 aromatic carbocycles. The number of anilines is 1. The molecule has 0 saturated carbocycles. The van der Waals surface area contributed by atoms with Crippen LogP contribution in [-0.4, -0.2) is 30.9 Å². The highest BCUT2D eigenvalue weighted by molar-refractivity contribution is 6.30. The second-order valence-corrected chi connectivity index (χ2v) is 5.46. The van der Waals surface area contributed by atoms with Crippen LogP contribution in [0.3, 0.4) is 0 Å². The van der Waals surface area contributed by atoms with Crippen LogP contribution in [-0.2, 0) is 9.59 Å². The number of nitrogens with zero attached hydrogens (tertiary/aromatic N) is 1. The van der Waals surface area contributed by atoms with Gasteiger partial charge in [-0.05, 0) is 31.2 Å². The summed E-state index contributed by atoms with van der Waals surface area (Å²) in [5.74, 6) is -0.493. The summed E-state index contributed by atoms with van der Waals surface area (Å²) < 4.78 is 0. The molecule has 5 nitrogen and oxygen atoms in total. The molecule has 0 radical (unpaired) electrons. The van der Waals surface area contributed by atoms with E-state index in [0.29, 0.717) is 18.1 Å². The molecule has 2 atom stereocenters. The summed E-state index contributed by atoms with van der Waals surface area (Å²) in [4.78, 5) is 25.7. The van der Waals surface area contributed by atoms with E-state index in [1.165, 1.54) is 0 Å². The Kier molecular flexibility index (Phi) is 6.45. The molecular formula is C14H19Cl2N3O2. The van der Waals surface area contributed by atoms with Crippen molar-refractivity contribution in [3.05, 3.63) is 29.3 Å². The van der Waals surface area contributed by atoms with Crippen molar-refractivity contribution in [3.8, 4) is 0 Å². The Balaban J connectivity index is 0.00000220. The highest BCUT2D eigenvalue weighted by Gasteiger charge is 2.35. The number of benzene rings is 1. The van der Waals surface area contributed by atoms with Crippen molar-refractivity contribution in [1.82, 2.24) is 5.32 Å². The van der Waals surface area contributed by atoms with Crippen LogP contribution in [0.25, 0.3) is 0 Å². The number of nitrogens with two attached hydrogens (primary N) is 1. The lowest BCUT2D eigenvalue weighted by Crippen LogP contribution is -2.41. The Bertz CT molecular complexity index is 507. The molecule has 1 heterocycles. The van der Waals surface area contributed by atoms with E-state index in [2.05, 4.69) is 5.32 Å². The Morgan fingerprint density at radius 3 is 2.67 bits per heavy atom. The van der Waals surface area contributed by atoms with Crippen molar-refractivity contribution in [2.45, 2.75) is 19.4 Å². The maximum absolute atomic E-state index is 12.0. The number of nitrogens with one attached hydrogen (secondary N) is 1. The van der Waals surface area contributed by atoms with E-state index in [0.717, 1.165) is 5.69 Å². The van der Waals surface area contributed by atoms with E-state index >= 15 is 0 Å². The first-order chi connectivity index (χ1) is 9.51. The summed E-state index contributed by atoms with van der Waals surface area (Å²) in [5, 5.41) is 3.43. The van der Waals surface area contributed by atoms with Crippen molar-refractivity contribution in [2.24, 2.45) is 11.7 Å². The number of carbonyl (C=O) groups is 2. The molecule has 0 bridgehead atoms. The van der Waals surface area contributed by atoms with Crippen LogP contribution in [0.1, 0.15) is 13.3 Å². The Labute approximate surface area is 135 Å². The molecule has 3 N–H and O–H groups in total. The number of hydrogen-bond acceptors (Lipinski definition) is 3. The van der Waals surface area contributed by atoms with Gasteiger partial charge < -0.3 is 16.0 Å². The first-order valence-electron chi connectivity index (χ1n) is 6.57. The third kappa shape index (κ3) is 4.33. The number of rotatable bonds is 4. The number of amides is 2. The van der Waals surface area contributed by atoms with Crippen molar-refractivity contribution in [2.75, 3.05) is 18.0 Å². The monoisotopic (exact) mass is 331 g/mol. The molecule has 0 spiro atoms. The summed E-state index contributed by atoms with van der Waals surface area (Å²) in [5.41, 5.74) is 6.24. The van der Waals surface area contributed by atoms with Gasteiger partial charge in [-0.3, -0.25) is 9.59 Å². The molecule has 0 aromatic heterocycles. The van der Waals surface area contributed by atoms with Gasteiger partial charge in [0.1, 0.15) is 0 Å². The maximum Gasteiger partial charge on any atom is 0.227 e. The van der Waals surface area contributed by atoms with Crippen molar-refractivity contribution < 1.29 is 9.59 Å². The molecule has 1 aliphatic rings. The average molecular weight is 332 g/mol. The number of halogens is 2. The summed E-state index contributed by atoms with van der Waals surface area (Å²) in [6.45, 7) is 2.61. The molecule has 1 aliphatic heterocycles. The minimum absolute atomic E-state index is 0. The Morgan fingerprint density at radius 1 is 1.48 bits per heavy atom. The average Bonchev–Trinajstić information content (AvgIpc) is 2.81. The lowest BCUT2D eigenvalue weighted by molar-refractivity contribution is -0.126. The van der Waals surface area contributed by atoms with Crippen LogP contribution in [0.15, 0.2) is 24.3 Å². The van der Waals surface area contributed by atoms with E-state index < -0.39 is 0 Å². The Morgan fingerprint density at radius 2 is 2.10 bits per heavy atom. The Hall–Kier alpha value is -1.30. The third-order valence-electron chi connectivity index (χ3n) is 3.38. The molecule has 0 aliphatic carbocycles. The first kappa shape index (κ1) is 17.8. The van der Waals surface area contributed by atoms with Gasteiger partial charge in [-0.25, -0.2) is 0 Å². The van der Waals surface area contributed by atoms with Crippen LogP contribution in [0.2, 0.25) is 5.02 Å². The molecule has 7 heteroatoms. The van der Waals surface area contributed by atoms with E-state index in [1.54, 1.807) is 29.2 Å². The van der Waals surface area contributed by atoms with Crippen molar-refractivity contribution in [1.29, 1.82) is 0 Å². The zero-order valence-electron chi connectivity index (χ0n) is 11.7. The van der Waals surface area contributed by atoms with E-state index in [4.69, 9.17) is 17.3 Å². The van der Waals surface area contributed by atoms with Crippen LogP contribution in [0.5, 0.6) is 0 Å². The maximum atomic E-state index is 12.0. The third-order valence-corrected chi connectivity index (χ3v) is 3.63. The molecule has 116 valence electrons. The highest BCUT2D eigenvalue weighted by atomic mass is 35.5. The fourth-order valence-electron chi connectivity index (χ4n) is 2.17. The predicted octanol–water partition coefficient (Wildman–Crippen LogP) is 1.58. The minimum Gasteiger partial charge on any atom is -0.352 e. The quantitative estimate of drug-likeness (QED) is 0.879. The topological polar surface area (TPSA) is 75.4 Å². The number of hydrogen-bond donors (Lipinski definition) is 2. The van der Waals surface area contributed by atoms with Gasteiger partial charge >= 0.3 is 0 Å². The van der Waals surface area contributed by atoms with E-state index in [9.17, 15) is 9.59 Å². The fourth-order valence-corrected chi connectivity index (χ4v) is 2.30. The van der Waals surface area contributed by atoms with E-state index in [-0.39, 0.29) is 42.6 Å². The summed E-state index contributed by atoms with van der Waals surface area (Å²) in [6.07, 6.45) is 0.228. The van der Waals surface area contributed by atoms with Gasteiger partial charge in [0.05, 0.1) is 5.92 Å². The van der Waals surface area contributed by atoms with Crippen LogP contribution in [0.4, 0.5) is 5.69 Å². The molecule has 1 aromatic rings. The second kappa shape index (κ2) is 7.64. The van der Waals surface area contributed by atoms with Gasteiger partial charge in [0.2, 0.25) is 11.8 Å². The standard InChI is InChI=1S/C14H18ClN3O2.ClH/c1-9(7-16)17-14(20)10-6-13(19)18(8-10)12-4-2-11(15)3-5-12;/h2-5,9-10H,6-8,16H2,1H3,(H,17,20);1H/t9-,10?;/m0./s1. The lowest BCUT2D eigenvalue weighted by Gasteiger charge is -2.18. The van der Waals surface area contributed by atoms with Crippen LogP contribution in [0, 0.1) is 5.92 Å². The van der Waals surface area contributed by atoms with Crippen LogP contribution >= 0.6 is 24.0 Å². The number of carbonyl (C=O) groups excluding carboxylic acids is 2. The van der Waals surface area contributed by atoms with Gasteiger partial charge in [-0.15, -0.1) is 12.4 Å². The smallest absolute Gasteiger partial charge is 0.227 e.